The molecule has 0 fully saturated rings. The number of benzene rings is 2. The van der Waals surface area contributed by atoms with Crippen LogP contribution in [0.2, 0.25) is 0 Å². The Labute approximate surface area is 131 Å². The summed E-state index contributed by atoms with van der Waals surface area (Å²) in [5.74, 6) is 0.186. The fourth-order valence-electron chi connectivity index (χ4n) is 2.54. The molecule has 106 valence electrons. The van der Waals surface area contributed by atoms with Crippen molar-refractivity contribution in [1.29, 1.82) is 0 Å². The molecule has 0 bridgehead atoms. The lowest BCUT2D eigenvalue weighted by Crippen LogP contribution is -2.29. The molecule has 1 heterocycles. The van der Waals surface area contributed by atoms with Crippen LogP contribution in [0.3, 0.4) is 0 Å². The van der Waals surface area contributed by atoms with Crippen molar-refractivity contribution in [3.8, 4) is 0 Å². The Balaban J connectivity index is 2.06. The van der Waals surface area contributed by atoms with Crippen molar-refractivity contribution in [2.75, 3.05) is 5.32 Å². The number of halogens is 1. The number of carbonyl (C=O) groups excluding carboxylic acids is 1. The molecule has 0 aromatic heterocycles. The first-order valence-corrected chi connectivity index (χ1v) is 7.46. The van der Waals surface area contributed by atoms with Crippen LogP contribution in [0.1, 0.15) is 11.1 Å². The van der Waals surface area contributed by atoms with E-state index in [4.69, 9.17) is 0 Å². The maximum atomic E-state index is 11.4. The zero-order valence-corrected chi connectivity index (χ0v) is 12.8. The molecule has 3 nitrogen and oxygen atoms in total. The SMILES string of the molecule is O=CC1Nc2ccc(Br)cc2C(O)=C1Cc1ccccc1. The van der Waals surface area contributed by atoms with Gasteiger partial charge in [-0.2, -0.15) is 0 Å². The third kappa shape index (κ3) is 2.72. The van der Waals surface area contributed by atoms with Gasteiger partial charge in [-0.3, -0.25) is 0 Å². The standard InChI is InChI=1S/C17H14BrNO2/c18-12-6-7-15-14(9-12)17(21)13(16(10-20)19-15)8-11-4-2-1-3-5-11/h1-7,9-10,16,19,21H,8H2. The summed E-state index contributed by atoms with van der Waals surface area (Å²) >= 11 is 3.41. The number of rotatable bonds is 3. The van der Waals surface area contributed by atoms with Gasteiger partial charge in [-0.15, -0.1) is 0 Å². The van der Waals surface area contributed by atoms with E-state index in [0.29, 0.717) is 17.6 Å². The number of aldehydes is 1. The molecule has 0 amide bonds. The first-order chi connectivity index (χ1) is 10.2. The monoisotopic (exact) mass is 343 g/mol. The normalized spacial score (nSPS) is 17.1. The zero-order valence-electron chi connectivity index (χ0n) is 11.2. The highest BCUT2D eigenvalue weighted by Gasteiger charge is 2.26. The highest BCUT2D eigenvalue weighted by molar-refractivity contribution is 9.10. The average Bonchev–Trinajstić information content (AvgIpc) is 2.51. The van der Waals surface area contributed by atoms with Crippen molar-refractivity contribution in [2.24, 2.45) is 0 Å². The van der Waals surface area contributed by atoms with Crippen LogP contribution in [0.4, 0.5) is 5.69 Å². The molecular formula is C17H14BrNO2. The van der Waals surface area contributed by atoms with Gasteiger partial charge in [-0.1, -0.05) is 46.3 Å². The molecule has 1 aliphatic heterocycles. The van der Waals surface area contributed by atoms with Crippen LogP contribution >= 0.6 is 15.9 Å². The molecule has 2 aromatic carbocycles. The predicted molar refractivity (Wildman–Crippen MR) is 87.3 cm³/mol. The summed E-state index contributed by atoms with van der Waals surface area (Å²) in [4.78, 5) is 11.4. The second kappa shape index (κ2) is 5.74. The Morgan fingerprint density at radius 3 is 2.67 bits per heavy atom. The Bertz CT molecular complexity index is 710. The van der Waals surface area contributed by atoms with Gasteiger partial charge in [0.1, 0.15) is 18.1 Å². The number of hydrogen-bond acceptors (Lipinski definition) is 3. The van der Waals surface area contributed by atoms with Gasteiger partial charge < -0.3 is 15.2 Å². The molecule has 21 heavy (non-hydrogen) atoms. The van der Waals surface area contributed by atoms with E-state index in [1.54, 1.807) is 0 Å². The molecule has 2 aromatic rings. The van der Waals surface area contributed by atoms with Crippen molar-refractivity contribution < 1.29 is 9.90 Å². The number of anilines is 1. The molecule has 0 saturated carbocycles. The molecule has 2 N–H and O–H groups in total. The molecule has 1 unspecified atom stereocenters. The number of aliphatic hydroxyl groups is 1. The van der Waals surface area contributed by atoms with E-state index >= 15 is 0 Å². The van der Waals surface area contributed by atoms with Crippen LogP contribution < -0.4 is 5.32 Å². The van der Waals surface area contributed by atoms with Crippen LogP contribution in [0.25, 0.3) is 5.76 Å². The third-order valence-electron chi connectivity index (χ3n) is 3.60. The molecule has 1 aliphatic rings. The molecule has 3 rings (SSSR count). The van der Waals surface area contributed by atoms with Gasteiger partial charge >= 0.3 is 0 Å². The lowest BCUT2D eigenvalue weighted by molar-refractivity contribution is -0.107. The summed E-state index contributed by atoms with van der Waals surface area (Å²) < 4.78 is 0.887. The van der Waals surface area contributed by atoms with Crippen LogP contribution in [0, 0.1) is 0 Å². The van der Waals surface area contributed by atoms with Crippen LogP contribution in [-0.2, 0) is 11.2 Å². The number of nitrogens with one attached hydrogen (secondary N) is 1. The minimum Gasteiger partial charge on any atom is -0.507 e. The highest BCUT2D eigenvalue weighted by Crippen LogP contribution is 2.35. The molecule has 0 saturated heterocycles. The van der Waals surface area contributed by atoms with Crippen LogP contribution in [0.5, 0.6) is 0 Å². The average molecular weight is 344 g/mol. The van der Waals surface area contributed by atoms with Gasteiger partial charge in [0.05, 0.1) is 0 Å². The lowest BCUT2D eigenvalue weighted by atomic mass is 9.91. The van der Waals surface area contributed by atoms with Gasteiger partial charge in [0, 0.05) is 21.3 Å². The van der Waals surface area contributed by atoms with E-state index in [1.165, 1.54) is 0 Å². The number of fused-ring (bicyclic) bond motifs is 1. The summed E-state index contributed by atoms with van der Waals surface area (Å²) in [6.07, 6.45) is 1.37. The number of aliphatic hydroxyl groups excluding tert-OH is 1. The molecule has 0 spiro atoms. The minimum atomic E-state index is -0.501. The molecule has 0 radical (unpaired) electrons. The van der Waals surface area contributed by atoms with Crippen molar-refractivity contribution in [2.45, 2.75) is 12.5 Å². The summed E-state index contributed by atoms with van der Waals surface area (Å²) in [5, 5.41) is 13.7. The Hall–Kier alpha value is -2.07. The number of carbonyl (C=O) groups is 1. The summed E-state index contributed by atoms with van der Waals surface area (Å²) in [6.45, 7) is 0. The fraction of sp³-hybridized carbons (Fsp3) is 0.118. The fourth-order valence-corrected chi connectivity index (χ4v) is 2.90. The van der Waals surface area contributed by atoms with Gasteiger partial charge in [-0.05, 0) is 30.2 Å². The van der Waals surface area contributed by atoms with Crippen molar-refractivity contribution >= 4 is 33.7 Å². The molecule has 4 heteroatoms. The quantitative estimate of drug-likeness (QED) is 0.829. The van der Waals surface area contributed by atoms with Gasteiger partial charge in [0.15, 0.2) is 0 Å². The summed E-state index contributed by atoms with van der Waals surface area (Å²) in [6, 6.07) is 14.9. The summed E-state index contributed by atoms with van der Waals surface area (Å²) in [5.41, 5.74) is 3.24. The van der Waals surface area contributed by atoms with Crippen molar-refractivity contribution in [3.05, 3.63) is 69.7 Å². The first-order valence-electron chi connectivity index (χ1n) is 6.66. The van der Waals surface area contributed by atoms with E-state index in [0.717, 1.165) is 22.0 Å². The minimum absolute atomic E-state index is 0.186. The second-order valence-corrected chi connectivity index (χ2v) is 5.90. The lowest BCUT2D eigenvalue weighted by Gasteiger charge is -2.27. The second-order valence-electron chi connectivity index (χ2n) is 4.98. The Morgan fingerprint density at radius 2 is 1.95 bits per heavy atom. The number of hydrogen-bond donors (Lipinski definition) is 2. The molecule has 0 aliphatic carbocycles. The predicted octanol–water partition coefficient (Wildman–Crippen LogP) is 3.95. The van der Waals surface area contributed by atoms with Gasteiger partial charge in [0.25, 0.3) is 0 Å². The highest BCUT2D eigenvalue weighted by atomic mass is 79.9. The van der Waals surface area contributed by atoms with Crippen LogP contribution in [0.15, 0.2) is 58.6 Å². The topological polar surface area (TPSA) is 49.3 Å². The van der Waals surface area contributed by atoms with Crippen LogP contribution in [-0.4, -0.2) is 17.4 Å². The van der Waals surface area contributed by atoms with E-state index in [1.807, 2.05) is 48.5 Å². The summed E-state index contributed by atoms with van der Waals surface area (Å²) in [7, 11) is 0. The van der Waals surface area contributed by atoms with Crippen molar-refractivity contribution in [3.63, 3.8) is 0 Å². The maximum Gasteiger partial charge on any atom is 0.146 e. The van der Waals surface area contributed by atoms with E-state index < -0.39 is 6.04 Å². The molecular weight excluding hydrogens is 330 g/mol. The zero-order chi connectivity index (χ0) is 14.8. The van der Waals surface area contributed by atoms with E-state index in [-0.39, 0.29) is 5.76 Å². The Morgan fingerprint density at radius 1 is 1.19 bits per heavy atom. The third-order valence-corrected chi connectivity index (χ3v) is 4.09. The largest absolute Gasteiger partial charge is 0.507 e. The maximum absolute atomic E-state index is 11.4. The smallest absolute Gasteiger partial charge is 0.146 e. The van der Waals surface area contributed by atoms with Gasteiger partial charge in [-0.25, -0.2) is 0 Å². The first kappa shape index (κ1) is 13.9. The van der Waals surface area contributed by atoms with E-state index in [2.05, 4.69) is 21.2 Å². The van der Waals surface area contributed by atoms with Gasteiger partial charge in [0.2, 0.25) is 0 Å². The Kier molecular flexibility index (Phi) is 3.80. The van der Waals surface area contributed by atoms with Crippen molar-refractivity contribution in [1.82, 2.24) is 0 Å². The van der Waals surface area contributed by atoms with E-state index in [9.17, 15) is 9.90 Å². The molecule has 1 atom stereocenters.